The van der Waals surface area contributed by atoms with Crippen molar-refractivity contribution in [1.82, 2.24) is 0 Å². The molecule has 1 amide bonds. The van der Waals surface area contributed by atoms with Crippen LogP contribution in [0, 0.1) is 0 Å². The van der Waals surface area contributed by atoms with E-state index in [0.29, 0.717) is 10.8 Å². The lowest BCUT2D eigenvalue weighted by Crippen LogP contribution is -2.05. The first-order chi connectivity index (χ1) is 6.54. The zero-order chi connectivity index (χ0) is 10.7. The fourth-order valence-corrected chi connectivity index (χ4v) is 1.23. The number of hydrogen-bond donors (Lipinski definition) is 2. The van der Waals surface area contributed by atoms with Gasteiger partial charge >= 0.3 is 0 Å². The molecule has 0 aromatic heterocycles. The molecule has 76 valence electrons. The van der Waals surface area contributed by atoms with Gasteiger partial charge in [-0.1, -0.05) is 11.6 Å². The highest BCUT2D eigenvalue weighted by atomic mass is 35.5. The Morgan fingerprint density at radius 1 is 1.57 bits per heavy atom. The van der Waals surface area contributed by atoms with E-state index in [4.69, 9.17) is 16.3 Å². The average Bonchev–Trinajstić information content (AvgIpc) is 2.10. The van der Waals surface area contributed by atoms with E-state index in [1.165, 1.54) is 26.2 Å². The highest BCUT2D eigenvalue weighted by Crippen LogP contribution is 2.34. The number of hydrogen-bond acceptors (Lipinski definition) is 3. The summed E-state index contributed by atoms with van der Waals surface area (Å²) in [7, 11) is 1.44. The summed E-state index contributed by atoms with van der Waals surface area (Å²) in [5.41, 5.74) is 0.267. The van der Waals surface area contributed by atoms with Gasteiger partial charge in [0, 0.05) is 13.0 Å². The SMILES string of the molecule is COc1cc(O)c(NC(C)=O)cc1Cl. The third-order valence-corrected chi connectivity index (χ3v) is 1.88. The summed E-state index contributed by atoms with van der Waals surface area (Å²) in [5.74, 6) is 0.00116. The quantitative estimate of drug-likeness (QED) is 0.742. The third kappa shape index (κ3) is 2.29. The second kappa shape index (κ2) is 4.19. The Hall–Kier alpha value is -1.42. The largest absolute Gasteiger partial charge is 0.506 e. The maximum absolute atomic E-state index is 10.7. The molecule has 14 heavy (non-hydrogen) atoms. The monoisotopic (exact) mass is 215 g/mol. The van der Waals surface area contributed by atoms with Gasteiger partial charge < -0.3 is 15.2 Å². The van der Waals surface area contributed by atoms with Crippen molar-refractivity contribution in [2.24, 2.45) is 0 Å². The molecule has 1 aromatic carbocycles. The van der Waals surface area contributed by atoms with Crippen molar-refractivity contribution in [3.63, 3.8) is 0 Å². The molecule has 1 rings (SSSR count). The number of rotatable bonds is 2. The minimum absolute atomic E-state index is 0.0820. The number of nitrogens with one attached hydrogen (secondary N) is 1. The zero-order valence-electron chi connectivity index (χ0n) is 7.80. The van der Waals surface area contributed by atoms with Crippen molar-refractivity contribution < 1.29 is 14.6 Å². The fourth-order valence-electron chi connectivity index (χ4n) is 0.989. The van der Waals surface area contributed by atoms with Crippen LogP contribution in [0.15, 0.2) is 12.1 Å². The number of aromatic hydroxyl groups is 1. The number of phenolic OH excluding ortho intramolecular Hbond substituents is 1. The van der Waals surface area contributed by atoms with Crippen LogP contribution in [0.25, 0.3) is 0 Å². The number of benzene rings is 1. The van der Waals surface area contributed by atoms with E-state index in [0.717, 1.165) is 0 Å². The van der Waals surface area contributed by atoms with Gasteiger partial charge in [0.2, 0.25) is 5.91 Å². The lowest BCUT2D eigenvalue weighted by molar-refractivity contribution is -0.114. The Balaban J connectivity index is 3.08. The lowest BCUT2D eigenvalue weighted by Gasteiger charge is -2.08. The molecule has 0 radical (unpaired) electrons. The second-order valence-electron chi connectivity index (χ2n) is 2.69. The van der Waals surface area contributed by atoms with Crippen molar-refractivity contribution >= 4 is 23.2 Å². The Morgan fingerprint density at radius 2 is 2.21 bits per heavy atom. The van der Waals surface area contributed by atoms with E-state index >= 15 is 0 Å². The van der Waals surface area contributed by atoms with Gasteiger partial charge in [0.15, 0.2) is 0 Å². The Kier molecular flexibility index (Phi) is 3.19. The molecule has 0 unspecified atom stereocenters. The molecule has 0 fully saturated rings. The number of carbonyl (C=O) groups is 1. The zero-order valence-corrected chi connectivity index (χ0v) is 8.55. The first kappa shape index (κ1) is 10.7. The Bertz CT molecular complexity index is 365. The van der Waals surface area contributed by atoms with Crippen LogP contribution in [0.2, 0.25) is 5.02 Å². The minimum Gasteiger partial charge on any atom is -0.506 e. The van der Waals surface area contributed by atoms with E-state index in [9.17, 15) is 9.90 Å². The average molecular weight is 216 g/mol. The normalized spacial score (nSPS) is 9.64. The molecule has 2 N–H and O–H groups in total. The summed E-state index contributed by atoms with van der Waals surface area (Å²) in [6.45, 7) is 1.34. The van der Waals surface area contributed by atoms with Crippen LogP contribution in [-0.2, 0) is 4.79 Å². The number of amides is 1. The van der Waals surface area contributed by atoms with Gasteiger partial charge in [0.1, 0.15) is 11.5 Å². The molecule has 1 aromatic rings. The summed E-state index contributed by atoms with van der Waals surface area (Å²) in [4.78, 5) is 10.7. The first-order valence-electron chi connectivity index (χ1n) is 3.88. The first-order valence-corrected chi connectivity index (χ1v) is 4.26. The van der Waals surface area contributed by atoms with Crippen LogP contribution in [-0.4, -0.2) is 18.1 Å². The van der Waals surface area contributed by atoms with Crippen molar-refractivity contribution in [3.8, 4) is 11.5 Å². The van der Waals surface area contributed by atoms with E-state index in [-0.39, 0.29) is 17.3 Å². The number of halogens is 1. The van der Waals surface area contributed by atoms with Crippen LogP contribution in [0.1, 0.15) is 6.92 Å². The smallest absolute Gasteiger partial charge is 0.221 e. The van der Waals surface area contributed by atoms with Crippen LogP contribution < -0.4 is 10.1 Å². The van der Waals surface area contributed by atoms with Gasteiger partial charge in [-0.15, -0.1) is 0 Å². The van der Waals surface area contributed by atoms with Crippen molar-refractivity contribution in [2.75, 3.05) is 12.4 Å². The number of carbonyl (C=O) groups excluding carboxylic acids is 1. The number of methoxy groups -OCH3 is 1. The summed E-state index contributed by atoms with van der Waals surface area (Å²) in [6, 6.07) is 2.77. The molecule has 0 aliphatic heterocycles. The van der Waals surface area contributed by atoms with E-state index < -0.39 is 0 Å². The van der Waals surface area contributed by atoms with Gasteiger partial charge in [-0.3, -0.25) is 4.79 Å². The number of phenols is 1. The van der Waals surface area contributed by atoms with Gasteiger partial charge in [-0.25, -0.2) is 0 Å². The van der Waals surface area contributed by atoms with Crippen LogP contribution in [0.3, 0.4) is 0 Å². The van der Waals surface area contributed by atoms with Crippen LogP contribution in [0.5, 0.6) is 11.5 Å². The molecular weight excluding hydrogens is 206 g/mol. The Labute approximate surface area is 86.4 Å². The Morgan fingerprint density at radius 3 is 2.71 bits per heavy atom. The summed E-state index contributed by atoms with van der Waals surface area (Å²) in [6.07, 6.45) is 0. The molecule has 0 aliphatic rings. The predicted molar refractivity (Wildman–Crippen MR) is 54.0 cm³/mol. The van der Waals surface area contributed by atoms with Crippen LogP contribution >= 0.6 is 11.6 Å². The highest BCUT2D eigenvalue weighted by Gasteiger charge is 2.08. The van der Waals surface area contributed by atoms with E-state index in [1.807, 2.05) is 0 Å². The van der Waals surface area contributed by atoms with Crippen LogP contribution in [0.4, 0.5) is 5.69 Å². The molecule has 4 nitrogen and oxygen atoms in total. The summed E-state index contributed by atoms with van der Waals surface area (Å²) >= 11 is 5.80. The summed E-state index contributed by atoms with van der Waals surface area (Å²) in [5, 5.41) is 12.2. The van der Waals surface area contributed by atoms with Crippen molar-refractivity contribution in [1.29, 1.82) is 0 Å². The van der Waals surface area contributed by atoms with Crippen molar-refractivity contribution in [2.45, 2.75) is 6.92 Å². The molecule has 0 heterocycles. The third-order valence-electron chi connectivity index (χ3n) is 1.58. The van der Waals surface area contributed by atoms with Gasteiger partial charge in [0.05, 0.1) is 17.8 Å². The molecular formula is C9H10ClNO3. The minimum atomic E-state index is -0.276. The van der Waals surface area contributed by atoms with Gasteiger partial charge in [0.25, 0.3) is 0 Å². The number of ether oxygens (including phenoxy) is 1. The number of anilines is 1. The standard InChI is InChI=1S/C9H10ClNO3/c1-5(12)11-7-3-6(10)9(14-2)4-8(7)13/h3-4,13H,1-2H3,(H,11,12). The fraction of sp³-hybridized carbons (Fsp3) is 0.222. The van der Waals surface area contributed by atoms with Crippen molar-refractivity contribution in [3.05, 3.63) is 17.2 Å². The molecule has 0 saturated carbocycles. The highest BCUT2D eigenvalue weighted by molar-refractivity contribution is 6.32. The van der Waals surface area contributed by atoms with E-state index in [2.05, 4.69) is 5.32 Å². The molecule has 0 atom stereocenters. The summed E-state index contributed by atoms with van der Waals surface area (Å²) < 4.78 is 4.88. The second-order valence-corrected chi connectivity index (χ2v) is 3.09. The molecule has 5 heteroatoms. The van der Waals surface area contributed by atoms with Gasteiger partial charge in [-0.05, 0) is 6.07 Å². The predicted octanol–water partition coefficient (Wildman–Crippen LogP) is 2.01. The molecule has 0 bridgehead atoms. The van der Waals surface area contributed by atoms with E-state index in [1.54, 1.807) is 0 Å². The molecule has 0 aliphatic carbocycles. The van der Waals surface area contributed by atoms with Gasteiger partial charge in [-0.2, -0.15) is 0 Å². The topological polar surface area (TPSA) is 58.6 Å². The molecule has 0 spiro atoms. The maximum Gasteiger partial charge on any atom is 0.221 e. The lowest BCUT2D eigenvalue weighted by atomic mass is 10.2. The molecule has 0 saturated heterocycles. The maximum atomic E-state index is 10.7.